The molecule has 0 atom stereocenters. The minimum absolute atomic E-state index is 0. The summed E-state index contributed by atoms with van der Waals surface area (Å²) in [7, 11) is -1.27. The zero-order valence-electron chi connectivity index (χ0n) is 25.9. The fraction of sp³-hybridized carbons (Fsp3) is 0.128. The van der Waals surface area contributed by atoms with E-state index >= 15 is 0 Å². The Morgan fingerprint density at radius 1 is 0.733 bits per heavy atom. The summed E-state index contributed by atoms with van der Waals surface area (Å²) in [5.74, 6) is -0.242. The summed E-state index contributed by atoms with van der Waals surface area (Å²) < 4.78 is 20.1. The largest absolute Gasteiger partial charge is 0.500 e. The molecule has 0 aliphatic carbocycles. The van der Waals surface area contributed by atoms with Gasteiger partial charge in [-0.05, 0) is 54.2 Å². The van der Waals surface area contributed by atoms with Gasteiger partial charge in [-0.3, -0.25) is 0 Å². The van der Waals surface area contributed by atoms with Crippen molar-refractivity contribution in [1.82, 2.24) is 9.97 Å². The SMILES string of the molecule is Cc1cc(-c2[c-]cccc2)ncc1[Si](C)(C)C.Cc1ccnc(-c2[c-]cc3oc4cc(-c5ccccc5F)ccc4c3c2)c1.[Ir]. The van der Waals surface area contributed by atoms with E-state index in [1.807, 2.05) is 73.7 Å². The molecule has 7 rings (SSSR count). The van der Waals surface area contributed by atoms with Gasteiger partial charge in [0.25, 0.3) is 0 Å². The molecule has 0 aliphatic rings. The third-order valence-electron chi connectivity index (χ3n) is 7.68. The van der Waals surface area contributed by atoms with Crippen molar-refractivity contribution >= 4 is 35.2 Å². The topological polar surface area (TPSA) is 38.9 Å². The summed E-state index contributed by atoms with van der Waals surface area (Å²) in [6.45, 7) is 11.3. The Hall–Kier alpha value is -4.22. The third-order valence-corrected chi connectivity index (χ3v) is 9.82. The summed E-state index contributed by atoms with van der Waals surface area (Å²) >= 11 is 0. The first-order valence-electron chi connectivity index (χ1n) is 14.7. The fourth-order valence-corrected chi connectivity index (χ4v) is 7.16. The molecule has 0 saturated carbocycles. The molecule has 0 spiro atoms. The van der Waals surface area contributed by atoms with Crippen LogP contribution in [0.5, 0.6) is 0 Å². The molecule has 3 aromatic heterocycles. The summed E-state index contributed by atoms with van der Waals surface area (Å²) in [6.07, 6.45) is 3.86. The van der Waals surface area contributed by atoms with Crippen molar-refractivity contribution in [1.29, 1.82) is 0 Å². The molecule has 45 heavy (non-hydrogen) atoms. The van der Waals surface area contributed by atoms with Crippen LogP contribution in [0.1, 0.15) is 11.1 Å². The zero-order chi connectivity index (χ0) is 30.8. The predicted octanol–water partition coefficient (Wildman–Crippen LogP) is 9.96. The van der Waals surface area contributed by atoms with E-state index in [1.54, 1.807) is 18.3 Å². The molecule has 3 nitrogen and oxygen atoms in total. The molecule has 0 N–H and O–H groups in total. The molecule has 0 fully saturated rings. The van der Waals surface area contributed by atoms with Gasteiger partial charge in [0, 0.05) is 43.4 Å². The van der Waals surface area contributed by atoms with Crippen molar-refractivity contribution in [2.24, 2.45) is 0 Å². The van der Waals surface area contributed by atoms with E-state index in [0.29, 0.717) is 5.56 Å². The van der Waals surface area contributed by atoms with Crippen molar-refractivity contribution in [2.45, 2.75) is 33.5 Å². The van der Waals surface area contributed by atoms with Gasteiger partial charge in [-0.15, -0.1) is 59.7 Å². The summed E-state index contributed by atoms with van der Waals surface area (Å²) in [6, 6.07) is 37.1. The Bertz CT molecular complexity index is 2100. The molecule has 227 valence electrons. The van der Waals surface area contributed by atoms with Gasteiger partial charge < -0.3 is 14.4 Å². The Morgan fingerprint density at radius 3 is 2.22 bits per heavy atom. The van der Waals surface area contributed by atoms with E-state index in [4.69, 9.17) is 4.42 Å². The molecule has 0 amide bonds. The summed E-state index contributed by atoms with van der Waals surface area (Å²) in [4.78, 5) is 9.02. The van der Waals surface area contributed by atoms with Gasteiger partial charge in [0.1, 0.15) is 11.4 Å². The minimum Gasteiger partial charge on any atom is -0.500 e. The van der Waals surface area contributed by atoms with E-state index in [0.717, 1.165) is 55.6 Å². The number of pyridine rings is 2. The Labute approximate surface area is 278 Å². The van der Waals surface area contributed by atoms with Gasteiger partial charge in [-0.2, -0.15) is 0 Å². The second-order valence-electron chi connectivity index (χ2n) is 12.0. The predicted molar refractivity (Wildman–Crippen MR) is 182 cm³/mol. The number of rotatable bonds is 4. The van der Waals surface area contributed by atoms with Gasteiger partial charge in [0.2, 0.25) is 0 Å². The van der Waals surface area contributed by atoms with Crippen LogP contribution in [0.3, 0.4) is 0 Å². The first-order chi connectivity index (χ1) is 21.2. The molecule has 0 saturated heterocycles. The Morgan fingerprint density at radius 2 is 1.51 bits per heavy atom. The first kappa shape index (κ1) is 32.2. The summed E-state index contributed by atoms with van der Waals surface area (Å²) in [5.41, 5.74) is 9.25. The second-order valence-corrected chi connectivity index (χ2v) is 17.1. The van der Waals surface area contributed by atoms with Crippen LogP contribution in [-0.4, -0.2) is 18.0 Å². The van der Waals surface area contributed by atoms with Gasteiger partial charge in [0.05, 0.1) is 13.7 Å². The number of halogens is 1. The van der Waals surface area contributed by atoms with E-state index in [1.165, 1.54) is 16.8 Å². The van der Waals surface area contributed by atoms with E-state index < -0.39 is 8.07 Å². The van der Waals surface area contributed by atoms with Crippen molar-refractivity contribution in [2.75, 3.05) is 0 Å². The number of benzene rings is 4. The van der Waals surface area contributed by atoms with Crippen LogP contribution < -0.4 is 5.19 Å². The molecule has 0 bridgehead atoms. The number of aromatic nitrogens is 2. The normalized spacial score (nSPS) is 11.2. The number of hydrogen-bond donors (Lipinski definition) is 0. The van der Waals surface area contributed by atoms with Crippen molar-refractivity contribution < 1.29 is 28.9 Å². The molecule has 6 heteroatoms. The smallest absolute Gasteiger partial charge is 0.131 e. The monoisotopic (exact) mass is 785 g/mol. The maximum atomic E-state index is 14.1. The van der Waals surface area contributed by atoms with Crippen LogP contribution in [0, 0.1) is 31.8 Å². The second kappa shape index (κ2) is 13.4. The van der Waals surface area contributed by atoms with Crippen molar-refractivity contribution in [3.8, 4) is 33.6 Å². The van der Waals surface area contributed by atoms with Crippen molar-refractivity contribution in [3.63, 3.8) is 0 Å². The quantitative estimate of drug-likeness (QED) is 0.132. The number of fused-ring (bicyclic) bond motifs is 3. The summed E-state index contributed by atoms with van der Waals surface area (Å²) in [5, 5.41) is 3.44. The van der Waals surface area contributed by atoms with Gasteiger partial charge in [-0.25, -0.2) is 4.39 Å². The number of nitrogens with zero attached hydrogens (tertiary/aromatic N) is 2. The maximum Gasteiger partial charge on any atom is 0.131 e. The average molecular weight is 785 g/mol. The molecular weight excluding hydrogens is 752 g/mol. The van der Waals surface area contributed by atoms with Gasteiger partial charge in [0.15, 0.2) is 0 Å². The van der Waals surface area contributed by atoms with Crippen LogP contribution >= 0.6 is 0 Å². The van der Waals surface area contributed by atoms with Crippen LogP contribution in [0.2, 0.25) is 19.6 Å². The average Bonchev–Trinajstić information content (AvgIpc) is 3.38. The molecule has 0 unspecified atom stereocenters. The first-order valence-corrected chi connectivity index (χ1v) is 18.2. The van der Waals surface area contributed by atoms with E-state index in [2.05, 4.69) is 67.0 Å². The van der Waals surface area contributed by atoms with E-state index in [-0.39, 0.29) is 25.9 Å². The molecule has 1 radical (unpaired) electrons. The molecule has 0 aliphatic heterocycles. The van der Waals surface area contributed by atoms with Crippen LogP contribution in [-0.2, 0) is 20.1 Å². The number of furan rings is 1. The number of hydrogen-bond acceptors (Lipinski definition) is 3. The number of aryl methyl sites for hydroxylation is 2. The van der Waals surface area contributed by atoms with Crippen LogP contribution in [0.25, 0.3) is 55.6 Å². The zero-order valence-corrected chi connectivity index (χ0v) is 29.3. The fourth-order valence-electron chi connectivity index (χ4n) is 5.46. The molecule has 7 aromatic rings. The Balaban J connectivity index is 0.000000193. The minimum atomic E-state index is -1.27. The molecule has 3 heterocycles. The molecular formula is C39H33FIrN2OSi-2. The van der Waals surface area contributed by atoms with Gasteiger partial charge in [-0.1, -0.05) is 78.6 Å². The van der Waals surface area contributed by atoms with Crippen LogP contribution in [0.15, 0.2) is 114 Å². The van der Waals surface area contributed by atoms with Crippen molar-refractivity contribution in [3.05, 3.63) is 139 Å². The standard InChI is InChI=1S/C24H15FNO.C15H18NSi.Ir/c1-15-10-11-26-22(12-15)17-7-9-23-20(13-17)19-8-6-16(14-24(19)27-23)18-4-2-3-5-21(18)25;1-12-10-14(13-8-6-5-7-9-13)16-11-15(12)17(2,3)4;/h2-6,8-14H,1H3;5-8,10-11H,1-4H3;/q2*-1;. The maximum absolute atomic E-state index is 14.1. The third kappa shape index (κ3) is 7.04. The Kier molecular flexibility index (Phi) is 9.59. The molecule has 4 aromatic carbocycles. The van der Waals surface area contributed by atoms with E-state index in [9.17, 15) is 4.39 Å². The van der Waals surface area contributed by atoms with Gasteiger partial charge >= 0.3 is 0 Å². The van der Waals surface area contributed by atoms with Crippen LogP contribution in [0.4, 0.5) is 4.39 Å².